The number of ether oxygens (including phenoxy) is 5. The number of fused-ring (bicyclic) bond motifs is 5. The van der Waals surface area contributed by atoms with E-state index in [4.69, 9.17) is 28.5 Å². The van der Waals surface area contributed by atoms with E-state index in [1.54, 1.807) is 26.0 Å². The van der Waals surface area contributed by atoms with E-state index >= 15 is 0 Å². The van der Waals surface area contributed by atoms with Crippen LogP contribution in [0.5, 0.6) is 11.5 Å². The predicted molar refractivity (Wildman–Crippen MR) is 314 cm³/mol. The molecule has 5 heterocycles. The number of unbranched alkanes of at least 4 members (excludes halogenated alkanes) is 2. The number of benzene rings is 9. The summed E-state index contributed by atoms with van der Waals surface area (Å²) in [5.41, 5.74) is 4.89. The minimum atomic E-state index is -1.52. The van der Waals surface area contributed by atoms with Crippen LogP contribution in [0, 0.1) is 5.41 Å². The zero-order valence-electron chi connectivity index (χ0n) is 45.9. The molecule has 1 amide bonds. The van der Waals surface area contributed by atoms with Gasteiger partial charge in [0, 0.05) is 51.2 Å². The molecule has 1 atom stereocenters. The summed E-state index contributed by atoms with van der Waals surface area (Å²) < 4.78 is 29.0. The predicted octanol–water partition coefficient (Wildman–Crippen LogP) is 13.7. The third-order valence-corrected chi connectivity index (χ3v) is 17.7. The van der Waals surface area contributed by atoms with Gasteiger partial charge in [-0.3, -0.25) is 4.79 Å². The van der Waals surface area contributed by atoms with Crippen molar-refractivity contribution in [3.8, 4) is 11.5 Å². The van der Waals surface area contributed by atoms with Gasteiger partial charge in [0.25, 0.3) is 11.9 Å². The summed E-state index contributed by atoms with van der Waals surface area (Å²) in [4.78, 5) is 31.7. The number of aliphatic hydroxyl groups is 2. The number of carbonyl (C=O) groups excluding carboxylic acids is 2. The number of amides is 1. The van der Waals surface area contributed by atoms with Crippen LogP contribution < -0.4 is 9.47 Å². The summed E-state index contributed by atoms with van der Waals surface area (Å²) >= 11 is 1.71. The number of allylic oxidation sites excluding steroid dienone is 1. The van der Waals surface area contributed by atoms with Crippen LogP contribution in [0.3, 0.4) is 0 Å². The molecule has 9 aromatic rings. The minimum Gasteiger partial charge on any atom is -0.497 e. The van der Waals surface area contributed by atoms with Crippen LogP contribution in [0.4, 0.5) is 0 Å². The van der Waals surface area contributed by atoms with Crippen molar-refractivity contribution in [2.24, 2.45) is 5.41 Å². The molecule has 11 nitrogen and oxygen atoms in total. The molecule has 81 heavy (non-hydrogen) atoms. The van der Waals surface area contributed by atoms with Gasteiger partial charge in [0.05, 0.1) is 39.7 Å². The molecule has 2 bridgehead atoms. The molecule has 0 saturated carbocycles. The average molecular weight is 1100 g/mol. The summed E-state index contributed by atoms with van der Waals surface area (Å²) in [7, 11) is 3.28. The molecular weight excluding hydrogens is 1030 g/mol. The monoisotopic (exact) mass is 1100 g/mol. The number of carbonyl (C=O) groups is 2. The van der Waals surface area contributed by atoms with Crippen molar-refractivity contribution in [3.05, 3.63) is 227 Å². The first-order valence-electron chi connectivity index (χ1n) is 27.8. The van der Waals surface area contributed by atoms with Gasteiger partial charge in [0.15, 0.2) is 0 Å². The Labute approximate surface area is 476 Å². The number of nitrogens with zero attached hydrogens (tertiary/aromatic N) is 1. The second kappa shape index (κ2) is 22.1. The smallest absolute Gasteiger partial charge is 0.333 e. The molecule has 2 N–H and O–H groups in total. The standard InChI is InChI=1S/C42H39NO6.C27H26O4S/c1-27-15-24-38(44)43(27)49-39(45)14-6-4-5-9-30-25-33(20-23-37(30)48-3)42(46,32-18-21-34(47-2)22-19-32)36-26-31-12-7-10-28-16-17-29-11-8-13-35(36)41(29)40(28)31;1-25-16-29-26(30-17-25,31-18-25)15-14-19-10-12-20(13-11-19)27(28)21-6-2-4-8-23(21)32-24-9-5-3-7-22(24)27/h7-8,10-13,16-23,25-26,46H,1,4-6,9,14-15,24H2,2-3H3;2-13,28H,14-18H2,1H3. The lowest BCUT2D eigenvalue weighted by molar-refractivity contribution is -0.467. The van der Waals surface area contributed by atoms with E-state index in [2.05, 4.69) is 86.3 Å². The van der Waals surface area contributed by atoms with Crippen LogP contribution in [0.15, 0.2) is 192 Å². The van der Waals surface area contributed by atoms with E-state index < -0.39 is 23.1 Å². The van der Waals surface area contributed by atoms with Crippen LogP contribution in [0.2, 0.25) is 0 Å². The maximum absolute atomic E-state index is 13.3. The first-order chi connectivity index (χ1) is 39.3. The van der Waals surface area contributed by atoms with Gasteiger partial charge in [-0.25, -0.2) is 4.79 Å². The molecule has 4 fully saturated rings. The zero-order valence-corrected chi connectivity index (χ0v) is 46.7. The Hall–Kier alpha value is -7.55. The molecule has 9 aromatic carbocycles. The minimum absolute atomic E-state index is 0.0241. The number of rotatable bonds is 16. The maximum atomic E-state index is 13.3. The van der Waals surface area contributed by atoms with Crippen molar-refractivity contribution in [1.82, 2.24) is 5.06 Å². The van der Waals surface area contributed by atoms with Crippen molar-refractivity contribution < 1.29 is 48.3 Å². The number of hydrogen-bond donors (Lipinski definition) is 2. The molecule has 12 heteroatoms. The summed E-state index contributed by atoms with van der Waals surface area (Å²) in [5, 5.41) is 33.0. The van der Waals surface area contributed by atoms with Crippen molar-refractivity contribution in [2.75, 3.05) is 34.0 Å². The van der Waals surface area contributed by atoms with Crippen LogP contribution in [0.25, 0.3) is 32.3 Å². The normalized spacial score (nSPS) is 19.7. The van der Waals surface area contributed by atoms with E-state index in [-0.39, 0.29) is 17.7 Å². The van der Waals surface area contributed by atoms with Crippen LogP contribution in [0.1, 0.15) is 96.4 Å². The molecule has 0 aliphatic carbocycles. The number of hydroxylamine groups is 2. The number of aryl methyl sites for hydroxylation is 2. The fourth-order valence-electron chi connectivity index (χ4n) is 12.0. The van der Waals surface area contributed by atoms with Gasteiger partial charge in [-0.2, -0.15) is 0 Å². The number of hydrogen-bond acceptors (Lipinski definition) is 11. The SMILES string of the molecule is C=C1CCC(=O)N1OC(=O)CCCCCc1cc(C(O)(c2ccc(OC)cc2)c2cc3cccc4ccc5cccc2c5c43)ccc1OC.CC12COC(CCc3ccc(C4(O)c5ccccc5Sc5ccccc54)cc3)(OC1)OC2. The molecule has 1 unspecified atom stereocenters. The van der Waals surface area contributed by atoms with Gasteiger partial charge in [-0.1, -0.05) is 159 Å². The van der Waals surface area contributed by atoms with Gasteiger partial charge in [0.2, 0.25) is 0 Å². The van der Waals surface area contributed by atoms with Crippen molar-refractivity contribution in [2.45, 2.75) is 91.7 Å². The molecule has 4 saturated heterocycles. The second-order valence-electron chi connectivity index (χ2n) is 22.1. The molecule has 0 aromatic heterocycles. The molecule has 0 radical (unpaired) electrons. The van der Waals surface area contributed by atoms with Gasteiger partial charge in [-0.05, 0) is 135 Å². The Morgan fingerprint density at radius 2 is 1.32 bits per heavy atom. The van der Waals surface area contributed by atoms with Gasteiger partial charge >= 0.3 is 5.97 Å². The Balaban J connectivity index is 0.000000175. The fraction of sp³-hybridized carbons (Fsp3) is 0.275. The van der Waals surface area contributed by atoms with Crippen molar-refractivity contribution in [1.29, 1.82) is 0 Å². The zero-order chi connectivity index (χ0) is 55.9. The topological polar surface area (TPSA) is 133 Å². The maximum Gasteiger partial charge on any atom is 0.333 e. The third kappa shape index (κ3) is 10.1. The van der Waals surface area contributed by atoms with Crippen LogP contribution in [-0.4, -0.2) is 67.2 Å². The van der Waals surface area contributed by atoms with Crippen molar-refractivity contribution >= 4 is 56.0 Å². The van der Waals surface area contributed by atoms with Crippen molar-refractivity contribution in [3.63, 3.8) is 0 Å². The summed E-state index contributed by atoms with van der Waals surface area (Å²) in [6.45, 7) is 7.95. The molecule has 5 aliphatic rings. The average Bonchev–Trinajstić information content (AvgIpc) is 4.00. The van der Waals surface area contributed by atoms with E-state index in [0.29, 0.717) is 63.4 Å². The highest BCUT2D eigenvalue weighted by molar-refractivity contribution is 7.99. The highest BCUT2D eigenvalue weighted by Crippen LogP contribution is 2.52. The Kier molecular flexibility index (Phi) is 14.7. The molecule has 14 rings (SSSR count). The number of methoxy groups -OCH3 is 2. The summed E-state index contributed by atoms with van der Waals surface area (Å²) in [5.74, 6) is -0.138. The first kappa shape index (κ1) is 54.1. The Morgan fingerprint density at radius 3 is 1.98 bits per heavy atom. The molecule has 5 aliphatic heterocycles. The fourth-order valence-corrected chi connectivity index (χ4v) is 13.2. The summed E-state index contributed by atoms with van der Waals surface area (Å²) in [6.07, 6.45) is 5.33. The molecule has 0 spiro atoms. The van der Waals surface area contributed by atoms with E-state index in [1.165, 1.54) is 5.39 Å². The lowest BCUT2D eigenvalue weighted by atomic mass is 9.76. The van der Waals surface area contributed by atoms with Gasteiger partial charge < -0.3 is 38.7 Å². The Morgan fingerprint density at radius 1 is 0.679 bits per heavy atom. The van der Waals surface area contributed by atoms with Crippen LogP contribution >= 0.6 is 11.8 Å². The first-order valence-corrected chi connectivity index (χ1v) is 28.7. The molecule has 412 valence electrons. The summed E-state index contributed by atoms with van der Waals surface area (Å²) in [6, 6.07) is 57.0. The highest BCUT2D eigenvalue weighted by Gasteiger charge is 2.50. The van der Waals surface area contributed by atoms with E-state index in [1.807, 2.05) is 97.1 Å². The van der Waals surface area contributed by atoms with Crippen LogP contribution in [-0.2, 0) is 52.7 Å². The van der Waals surface area contributed by atoms with E-state index in [9.17, 15) is 19.8 Å². The van der Waals surface area contributed by atoms with E-state index in [0.717, 1.165) is 111 Å². The quantitative estimate of drug-likeness (QED) is 0.0544. The van der Waals surface area contributed by atoms with Gasteiger partial charge in [-0.15, -0.1) is 5.06 Å². The lowest BCUT2D eigenvalue weighted by Crippen LogP contribution is -2.59. The lowest BCUT2D eigenvalue weighted by Gasteiger charge is -2.50. The Bertz CT molecular complexity index is 3730. The highest BCUT2D eigenvalue weighted by atomic mass is 32.2. The largest absolute Gasteiger partial charge is 0.497 e. The second-order valence-corrected chi connectivity index (χ2v) is 23.2. The van der Waals surface area contributed by atoms with Gasteiger partial charge in [0.1, 0.15) is 22.7 Å². The molecular formula is C69H65NO10S. The third-order valence-electron chi connectivity index (χ3n) is 16.6.